The van der Waals surface area contributed by atoms with E-state index in [1.54, 1.807) is 18.0 Å². The van der Waals surface area contributed by atoms with Crippen LogP contribution in [0.25, 0.3) is 0 Å². The van der Waals surface area contributed by atoms with Crippen LogP contribution in [0.15, 0.2) is 12.1 Å². The Hall–Kier alpha value is -1.62. The molecule has 0 aromatic carbocycles. The van der Waals surface area contributed by atoms with Crippen molar-refractivity contribution in [2.45, 2.75) is 33.1 Å². The van der Waals surface area contributed by atoms with Crippen LogP contribution >= 0.6 is 0 Å². The molecule has 5 nitrogen and oxygen atoms in total. The molecule has 1 aromatic rings. The predicted octanol–water partition coefficient (Wildman–Crippen LogP) is 1.92. The summed E-state index contributed by atoms with van der Waals surface area (Å²) in [5.74, 6) is 0.717. The molecule has 1 rings (SSSR count). The molecule has 2 N–H and O–H groups in total. The van der Waals surface area contributed by atoms with Gasteiger partial charge in [-0.15, -0.1) is 0 Å². The lowest BCUT2D eigenvalue weighted by atomic mass is 10.1. The molecular formula is C15H25N3O2. The summed E-state index contributed by atoms with van der Waals surface area (Å²) < 4.78 is 0. The molecule has 0 unspecified atom stereocenters. The Bertz CT molecular complexity index is 435. The van der Waals surface area contributed by atoms with Gasteiger partial charge in [0.15, 0.2) is 0 Å². The minimum atomic E-state index is -0.00259. The van der Waals surface area contributed by atoms with Crippen molar-refractivity contribution in [3.05, 3.63) is 23.4 Å². The van der Waals surface area contributed by atoms with Crippen molar-refractivity contribution in [3.8, 4) is 0 Å². The second-order valence-electron chi connectivity index (χ2n) is 4.69. The summed E-state index contributed by atoms with van der Waals surface area (Å²) in [6, 6.07) is 3.65. The maximum Gasteiger partial charge on any atom is 0.254 e. The molecule has 0 aliphatic heterocycles. The molecule has 1 aromatic heterocycles. The Balaban J connectivity index is 2.97. The smallest absolute Gasteiger partial charge is 0.254 e. The molecule has 112 valence electrons. The predicted molar refractivity (Wildman–Crippen MR) is 81.1 cm³/mol. The highest BCUT2D eigenvalue weighted by atomic mass is 16.3. The number of nitrogens with zero attached hydrogens (tertiary/aromatic N) is 2. The maximum atomic E-state index is 12.5. The van der Waals surface area contributed by atoms with E-state index in [0.29, 0.717) is 25.1 Å². The van der Waals surface area contributed by atoms with Gasteiger partial charge < -0.3 is 15.3 Å². The van der Waals surface area contributed by atoms with Crippen molar-refractivity contribution in [1.82, 2.24) is 9.88 Å². The molecule has 20 heavy (non-hydrogen) atoms. The lowest BCUT2D eigenvalue weighted by Gasteiger charge is -2.21. The summed E-state index contributed by atoms with van der Waals surface area (Å²) in [7, 11) is 1.80. The third-order valence-electron chi connectivity index (χ3n) is 3.14. The van der Waals surface area contributed by atoms with Gasteiger partial charge in [0.2, 0.25) is 0 Å². The molecule has 0 aliphatic rings. The van der Waals surface area contributed by atoms with Gasteiger partial charge in [-0.2, -0.15) is 0 Å². The van der Waals surface area contributed by atoms with E-state index in [1.807, 2.05) is 13.0 Å². The van der Waals surface area contributed by atoms with E-state index in [4.69, 9.17) is 5.11 Å². The van der Waals surface area contributed by atoms with Crippen LogP contribution in [0.5, 0.6) is 0 Å². The molecule has 5 heteroatoms. The molecule has 0 bridgehead atoms. The number of aliphatic hydroxyl groups is 1. The van der Waals surface area contributed by atoms with Gasteiger partial charge in [-0.05, 0) is 31.9 Å². The summed E-state index contributed by atoms with van der Waals surface area (Å²) >= 11 is 0. The van der Waals surface area contributed by atoms with Crippen molar-refractivity contribution in [1.29, 1.82) is 0 Å². The average molecular weight is 279 g/mol. The molecule has 0 fully saturated rings. The Morgan fingerprint density at radius 3 is 2.70 bits per heavy atom. The van der Waals surface area contributed by atoms with Gasteiger partial charge in [-0.3, -0.25) is 4.79 Å². The van der Waals surface area contributed by atoms with E-state index >= 15 is 0 Å². The molecule has 0 saturated carbocycles. The standard InChI is InChI=1S/C15H25N3O2/c1-4-7-13-10-12(11-14(16-3)17-13)15(20)18(5-2)8-6-9-19/h10-11,19H,4-9H2,1-3H3,(H,16,17). The van der Waals surface area contributed by atoms with Crippen LogP contribution in [0.4, 0.5) is 5.82 Å². The summed E-state index contributed by atoms with van der Waals surface area (Å²) in [6.07, 6.45) is 2.46. The van der Waals surface area contributed by atoms with Crippen LogP contribution < -0.4 is 5.32 Å². The van der Waals surface area contributed by atoms with Crippen LogP contribution in [0.3, 0.4) is 0 Å². The fourth-order valence-electron chi connectivity index (χ4n) is 2.07. The molecule has 0 atom stereocenters. The van der Waals surface area contributed by atoms with Crippen molar-refractivity contribution in [2.24, 2.45) is 0 Å². The normalized spacial score (nSPS) is 10.4. The largest absolute Gasteiger partial charge is 0.396 e. The van der Waals surface area contributed by atoms with E-state index < -0.39 is 0 Å². The lowest BCUT2D eigenvalue weighted by molar-refractivity contribution is 0.0754. The fourth-order valence-corrected chi connectivity index (χ4v) is 2.07. The van der Waals surface area contributed by atoms with E-state index in [2.05, 4.69) is 17.2 Å². The zero-order valence-corrected chi connectivity index (χ0v) is 12.6. The van der Waals surface area contributed by atoms with E-state index in [1.165, 1.54) is 0 Å². The van der Waals surface area contributed by atoms with Crippen molar-refractivity contribution in [3.63, 3.8) is 0 Å². The summed E-state index contributed by atoms with van der Waals surface area (Å²) in [5, 5.41) is 11.9. The van der Waals surface area contributed by atoms with Crippen LogP contribution in [0, 0.1) is 0 Å². The van der Waals surface area contributed by atoms with Crippen LogP contribution in [0.2, 0.25) is 0 Å². The summed E-state index contributed by atoms with van der Waals surface area (Å²) in [6.45, 7) is 5.35. The van der Waals surface area contributed by atoms with E-state index in [0.717, 1.165) is 24.4 Å². The second kappa shape index (κ2) is 8.53. The first-order chi connectivity index (χ1) is 9.65. The number of pyridine rings is 1. The molecule has 0 saturated heterocycles. The van der Waals surface area contributed by atoms with Gasteiger partial charge >= 0.3 is 0 Å². The number of hydrogen-bond donors (Lipinski definition) is 2. The van der Waals surface area contributed by atoms with Gasteiger partial charge in [0.05, 0.1) is 0 Å². The third-order valence-corrected chi connectivity index (χ3v) is 3.14. The SMILES string of the molecule is CCCc1cc(C(=O)N(CC)CCCO)cc(NC)n1. The Labute approximate surface area is 121 Å². The quantitative estimate of drug-likeness (QED) is 0.763. The number of carbonyl (C=O) groups is 1. The van der Waals surface area contributed by atoms with Crippen LogP contribution in [-0.4, -0.2) is 47.6 Å². The Morgan fingerprint density at radius 1 is 1.40 bits per heavy atom. The number of amides is 1. The van der Waals surface area contributed by atoms with Gasteiger partial charge in [0.1, 0.15) is 5.82 Å². The highest BCUT2D eigenvalue weighted by Crippen LogP contribution is 2.14. The number of rotatable bonds is 8. The first kappa shape index (κ1) is 16.4. The summed E-state index contributed by atoms with van der Waals surface area (Å²) in [5.41, 5.74) is 1.59. The molecule has 0 spiro atoms. The van der Waals surface area contributed by atoms with Crippen LogP contribution in [-0.2, 0) is 6.42 Å². The number of carbonyl (C=O) groups excluding carboxylic acids is 1. The lowest BCUT2D eigenvalue weighted by Crippen LogP contribution is -2.32. The monoisotopic (exact) mass is 279 g/mol. The van der Waals surface area contributed by atoms with Gasteiger partial charge in [0, 0.05) is 38.0 Å². The fraction of sp³-hybridized carbons (Fsp3) is 0.600. The zero-order chi connectivity index (χ0) is 15.0. The highest BCUT2D eigenvalue weighted by Gasteiger charge is 2.15. The summed E-state index contributed by atoms with van der Waals surface area (Å²) in [4.78, 5) is 18.7. The molecular weight excluding hydrogens is 254 g/mol. The number of anilines is 1. The average Bonchev–Trinajstić information content (AvgIpc) is 2.47. The Kier molecular flexibility index (Phi) is 7.01. The van der Waals surface area contributed by atoms with Crippen molar-refractivity contribution >= 4 is 11.7 Å². The van der Waals surface area contributed by atoms with Gasteiger partial charge in [0.25, 0.3) is 5.91 Å². The first-order valence-electron chi connectivity index (χ1n) is 7.25. The number of aromatic nitrogens is 1. The molecule has 0 radical (unpaired) electrons. The Morgan fingerprint density at radius 2 is 2.15 bits per heavy atom. The van der Waals surface area contributed by atoms with E-state index in [9.17, 15) is 4.79 Å². The highest BCUT2D eigenvalue weighted by molar-refractivity contribution is 5.95. The maximum absolute atomic E-state index is 12.5. The van der Waals surface area contributed by atoms with Crippen molar-refractivity contribution in [2.75, 3.05) is 32.1 Å². The van der Waals surface area contributed by atoms with Gasteiger partial charge in [-0.1, -0.05) is 13.3 Å². The molecule has 0 aliphatic carbocycles. The van der Waals surface area contributed by atoms with Crippen LogP contribution in [0.1, 0.15) is 42.7 Å². The minimum Gasteiger partial charge on any atom is -0.396 e. The number of hydrogen-bond acceptors (Lipinski definition) is 4. The zero-order valence-electron chi connectivity index (χ0n) is 12.6. The minimum absolute atomic E-state index is 0.00259. The third kappa shape index (κ3) is 4.49. The molecule has 1 heterocycles. The first-order valence-corrected chi connectivity index (χ1v) is 7.25. The topological polar surface area (TPSA) is 65.5 Å². The van der Waals surface area contributed by atoms with E-state index in [-0.39, 0.29) is 12.5 Å². The second-order valence-corrected chi connectivity index (χ2v) is 4.69. The number of aliphatic hydroxyl groups excluding tert-OH is 1. The number of aryl methyl sites for hydroxylation is 1. The number of nitrogens with one attached hydrogen (secondary N) is 1. The molecule has 1 amide bonds. The van der Waals surface area contributed by atoms with Crippen molar-refractivity contribution < 1.29 is 9.90 Å². The van der Waals surface area contributed by atoms with Gasteiger partial charge in [-0.25, -0.2) is 4.98 Å².